The number of nitrogens with one attached hydrogen (secondary N) is 1. The second kappa shape index (κ2) is 6.21. The molecule has 18 heavy (non-hydrogen) atoms. The van der Waals surface area contributed by atoms with Gasteiger partial charge in [-0.05, 0) is 26.7 Å². The van der Waals surface area contributed by atoms with Crippen molar-refractivity contribution in [2.45, 2.75) is 58.9 Å². The van der Waals surface area contributed by atoms with Crippen LogP contribution < -0.4 is 5.32 Å². The molecule has 1 atom stereocenters. The molecule has 4 heteroatoms. The van der Waals surface area contributed by atoms with Gasteiger partial charge in [-0.3, -0.25) is 9.59 Å². The smallest absolute Gasteiger partial charge is 0.225 e. The van der Waals surface area contributed by atoms with Gasteiger partial charge in [-0.1, -0.05) is 20.3 Å². The van der Waals surface area contributed by atoms with Crippen LogP contribution >= 0.6 is 0 Å². The van der Waals surface area contributed by atoms with Gasteiger partial charge in [-0.15, -0.1) is 0 Å². The SMILES string of the molecule is CCCCN1C[C@@H](C(=O)NC(C)(C)CC)CC1=O. The van der Waals surface area contributed by atoms with E-state index in [0.717, 1.165) is 25.8 Å². The van der Waals surface area contributed by atoms with Crippen LogP contribution in [-0.2, 0) is 9.59 Å². The lowest BCUT2D eigenvalue weighted by Crippen LogP contribution is -2.46. The van der Waals surface area contributed by atoms with Crippen LogP contribution in [0.2, 0.25) is 0 Å². The lowest BCUT2D eigenvalue weighted by molar-refractivity contribution is -0.129. The summed E-state index contributed by atoms with van der Waals surface area (Å²) in [5.74, 6) is -0.0210. The molecule has 1 fully saturated rings. The molecule has 1 saturated heterocycles. The maximum atomic E-state index is 12.1. The zero-order valence-electron chi connectivity index (χ0n) is 12.1. The number of rotatable bonds is 6. The van der Waals surface area contributed by atoms with E-state index in [9.17, 15) is 9.59 Å². The van der Waals surface area contributed by atoms with Gasteiger partial charge in [-0.2, -0.15) is 0 Å². The van der Waals surface area contributed by atoms with Gasteiger partial charge < -0.3 is 10.2 Å². The Bertz CT molecular complexity index is 313. The quantitative estimate of drug-likeness (QED) is 0.787. The molecule has 1 aliphatic rings. The van der Waals surface area contributed by atoms with Crippen molar-refractivity contribution >= 4 is 11.8 Å². The van der Waals surface area contributed by atoms with Crippen molar-refractivity contribution < 1.29 is 9.59 Å². The summed E-state index contributed by atoms with van der Waals surface area (Å²) < 4.78 is 0. The first-order valence-electron chi connectivity index (χ1n) is 6.99. The van der Waals surface area contributed by atoms with Crippen LogP contribution in [0.4, 0.5) is 0 Å². The Morgan fingerprint density at radius 3 is 2.67 bits per heavy atom. The monoisotopic (exact) mass is 254 g/mol. The summed E-state index contributed by atoms with van der Waals surface area (Å²) in [7, 11) is 0. The maximum Gasteiger partial charge on any atom is 0.225 e. The molecule has 0 radical (unpaired) electrons. The molecule has 0 unspecified atom stereocenters. The highest BCUT2D eigenvalue weighted by molar-refractivity contribution is 5.89. The molecule has 0 aromatic rings. The Morgan fingerprint density at radius 2 is 2.11 bits per heavy atom. The Labute approximate surface area is 110 Å². The van der Waals surface area contributed by atoms with E-state index in [1.54, 1.807) is 0 Å². The fraction of sp³-hybridized carbons (Fsp3) is 0.857. The van der Waals surface area contributed by atoms with E-state index in [2.05, 4.69) is 12.2 Å². The van der Waals surface area contributed by atoms with Crippen molar-refractivity contribution in [1.29, 1.82) is 0 Å². The summed E-state index contributed by atoms with van der Waals surface area (Å²) >= 11 is 0. The number of carbonyl (C=O) groups excluding carboxylic acids is 2. The standard InChI is InChI=1S/C14H26N2O2/c1-5-7-8-16-10-11(9-12(16)17)13(18)15-14(3,4)6-2/h11H,5-10H2,1-4H3,(H,15,18)/t11-/m0/s1. The fourth-order valence-corrected chi connectivity index (χ4v) is 2.04. The van der Waals surface area contributed by atoms with E-state index in [4.69, 9.17) is 0 Å². The molecule has 4 nitrogen and oxygen atoms in total. The van der Waals surface area contributed by atoms with Gasteiger partial charge in [0, 0.05) is 25.0 Å². The predicted octanol–water partition coefficient (Wildman–Crippen LogP) is 1.94. The van der Waals surface area contributed by atoms with E-state index in [1.807, 2.05) is 25.7 Å². The van der Waals surface area contributed by atoms with Gasteiger partial charge in [0.2, 0.25) is 11.8 Å². The van der Waals surface area contributed by atoms with Crippen LogP contribution in [0.3, 0.4) is 0 Å². The first kappa shape index (κ1) is 15.0. The minimum atomic E-state index is -0.184. The van der Waals surface area contributed by atoms with Gasteiger partial charge in [-0.25, -0.2) is 0 Å². The Kier molecular flexibility index (Phi) is 5.17. The molecule has 104 valence electrons. The number of amides is 2. The molecule has 0 aliphatic carbocycles. The van der Waals surface area contributed by atoms with E-state index < -0.39 is 0 Å². The number of nitrogens with zero attached hydrogens (tertiary/aromatic N) is 1. The highest BCUT2D eigenvalue weighted by atomic mass is 16.2. The Morgan fingerprint density at radius 1 is 1.44 bits per heavy atom. The summed E-state index contributed by atoms with van der Waals surface area (Å²) in [5, 5.41) is 3.03. The van der Waals surface area contributed by atoms with Crippen molar-refractivity contribution in [1.82, 2.24) is 10.2 Å². The van der Waals surface area contributed by atoms with Crippen LogP contribution in [0.1, 0.15) is 53.4 Å². The molecular formula is C14H26N2O2. The van der Waals surface area contributed by atoms with Crippen LogP contribution in [0.15, 0.2) is 0 Å². The second-order valence-electron chi connectivity index (χ2n) is 5.82. The summed E-state index contributed by atoms with van der Waals surface area (Å²) in [6, 6.07) is 0. The second-order valence-corrected chi connectivity index (χ2v) is 5.82. The van der Waals surface area contributed by atoms with Crippen LogP contribution in [-0.4, -0.2) is 35.3 Å². The van der Waals surface area contributed by atoms with Crippen molar-refractivity contribution in [3.8, 4) is 0 Å². The first-order chi connectivity index (χ1) is 8.39. The minimum Gasteiger partial charge on any atom is -0.351 e. The molecule has 0 bridgehead atoms. The molecule has 1 N–H and O–H groups in total. The van der Waals surface area contributed by atoms with Gasteiger partial charge in [0.15, 0.2) is 0 Å². The number of carbonyl (C=O) groups is 2. The normalized spacial score (nSPS) is 20.3. The Hall–Kier alpha value is -1.06. The summed E-state index contributed by atoms with van der Waals surface area (Å²) in [5.41, 5.74) is -0.184. The van der Waals surface area contributed by atoms with Crippen LogP contribution in [0.5, 0.6) is 0 Å². The van der Waals surface area contributed by atoms with Crippen molar-refractivity contribution in [3.05, 3.63) is 0 Å². The zero-order valence-corrected chi connectivity index (χ0v) is 12.1. The third-order valence-corrected chi connectivity index (χ3v) is 3.71. The van der Waals surface area contributed by atoms with Gasteiger partial charge in [0.25, 0.3) is 0 Å². The highest BCUT2D eigenvalue weighted by Gasteiger charge is 2.35. The van der Waals surface area contributed by atoms with E-state index in [1.165, 1.54) is 0 Å². The van der Waals surface area contributed by atoms with Crippen molar-refractivity contribution in [2.75, 3.05) is 13.1 Å². The lowest BCUT2D eigenvalue weighted by atomic mass is 9.99. The number of hydrogen-bond donors (Lipinski definition) is 1. The molecule has 1 aliphatic heterocycles. The molecule has 0 aromatic carbocycles. The van der Waals surface area contributed by atoms with E-state index in [-0.39, 0.29) is 23.3 Å². The van der Waals surface area contributed by atoms with E-state index in [0.29, 0.717) is 13.0 Å². The lowest BCUT2D eigenvalue weighted by Gasteiger charge is -2.26. The molecule has 0 aromatic heterocycles. The zero-order chi connectivity index (χ0) is 13.8. The molecule has 2 amide bonds. The van der Waals surface area contributed by atoms with E-state index >= 15 is 0 Å². The van der Waals surface area contributed by atoms with Gasteiger partial charge in [0.1, 0.15) is 0 Å². The predicted molar refractivity (Wildman–Crippen MR) is 72.1 cm³/mol. The van der Waals surface area contributed by atoms with Gasteiger partial charge in [0.05, 0.1) is 5.92 Å². The van der Waals surface area contributed by atoms with Crippen molar-refractivity contribution in [2.24, 2.45) is 5.92 Å². The average Bonchev–Trinajstić information content (AvgIpc) is 2.68. The molecular weight excluding hydrogens is 228 g/mol. The summed E-state index contributed by atoms with van der Waals surface area (Å²) in [6.07, 6.45) is 3.35. The summed E-state index contributed by atoms with van der Waals surface area (Å²) in [6.45, 7) is 9.55. The third kappa shape index (κ3) is 4.00. The molecule has 1 rings (SSSR count). The average molecular weight is 254 g/mol. The summed E-state index contributed by atoms with van der Waals surface area (Å²) in [4.78, 5) is 25.7. The molecule has 1 heterocycles. The maximum absolute atomic E-state index is 12.1. The first-order valence-corrected chi connectivity index (χ1v) is 6.99. The molecule has 0 spiro atoms. The fourth-order valence-electron chi connectivity index (χ4n) is 2.04. The number of unbranched alkanes of at least 4 members (excludes halogenated alkanes) is 1. The van der Waals surface area contributed by atoms with Crippen LogP contribution in [0, 0.1) is 5.92 Å². The molecule has 0 saturated carbocycles. The highest BCUT2D eigenvalue weighted by Crippen LogP contribution is 2.20. The van der Waals surface area contributed by atoms with Gasteiger partial charge >= 0.3 is 0 Å². The Balaban J connectivity index is 2.49. The third-order valence-electron chi connectivity index (χ3n) is 3.71. The number of likely N-dealkylation sites (tertiary alicyclic amines) is 1. The minimum absolute atomic E-state index is 0.0224. The largest absolute Gasteiger partial charge is 0.351 e. The van der Waals surface area contributed by atoms with Crippen LogP contribution in [0.25, 0.3) is 0 Å². The number of hydrogen-bond acceptors (Lipinski definition) is 2. The topological polar surface area (TPSA) is 49.4 Å². The van der Waals surface area contributed by atoms with Crippen molar-refractivity contribution in [3.63, 3.8) is 0 Å².